The van der Waals surface area contributed by atoms with Crippen LogP contribution in [0, 0.1) is 0 Å². The second kappa shape index (κ2) is 8.38. The van der Waals surface area contributed by atoms with Gasteiger partial charge in [-0.2, -0.15) is 10.1 Å². The van der Waals surface area contributed by atoms with E-state index in [9.17, 15) is 4.79 Å². The molecule has 2 aliphatic rings. The third-order valence-corrected chi connectivity index (χ3v) is 6.75. The minimum atomic E-state index is -0.148. The molecule has 11 nitrogen and oxygen atoms in total. The van der Waals surface area contributed by atoms with Gasteiger partial charge in [-0.05, 0) is 49.2 Å². The number of rotatable bonds is 6. The topological polar surface area (TPSA) is 140 Å². The van der Waals surface area contributed by atoms with Crippen LogP contribution in [0.2, 0.25) is 0 Å². The fraction of sp³-hybridized carbons (Fsp3) is 0.280. The molecule has 0 amide bonds. The molecule has 5 aromatic rings. The van der Waals surface area contributed by atoms with E-state index in [2.05, 4.69) is 54.1 Å². The summed E-state index contributed by atoms with van der Waals surface area (Å²) in [5.41, 5.74) is 4.40. The van der Waals surface area contributed by atoms with E-state index in [0.717, 1.165) is 60.1 Å². The standard InChI is InChI=1S/C25H25N9O2/c35-24-17-5-3-15(11-21(17)31-33-24)26-25-27-19-6-4-16(34-7-9-36-10-8-34)12-18(19)23(29-25)28-22-13-20(30-32-22)14-1-2-14/h3-6,11-14H,1-2,7-10H2,(H2,31,33,35)(H3,26,27,28,29,30,32). The highest BCUT2D eigenvalue weighted by molar-refractivity contribution is 5.94. The number of nitrogens with one attached hydrogen (secondary N) is 5. The third-order valence-electron chi connectivity index (χ3n) is 6.75. The minimum absolute atomic E-state index is 0.148. The molecule has 0 spiro atoms. The number of morpholine rings is 1. The summed E-state index contributed by atoms with van der Waals surface area (Å²) in [5, 5.41) is 21.3. The molecule has 1 saturated carbocycles. The molecule has 0 unspecified atom stereocenters. The molecule has 11 heteroatoms. The fourth-order valence-electron chi connectivity index (χ4n) is 4.66. The Labute approximate surface area is 205 Å². The number of anilines is 5. The van der Waals surface area contributed by atoms with Crippen molar-refractivity contribution in [2.75, 3.05) is 41.8 Å². The Hall–Kier alpha value is -4.38. The Morgan fingerprint density at radius 3 is 2.69 bits per heavy atom. The van der Waals surface area contributed by atoms with Gasteiger partial charge in [0.2, 0.25) is 5.95 Å². The summed E-state index contributed by atoms with van der Waals surface area (Å²) in [6.07, 6.45) is 2.40. The van der Waals surface area contributed by atoms with Crippen LogP contribution < -0.4 is 21.1 Å². The van der Waals surface area contributed by atoms with Gasteiger partial charge in [0, 0.05) is 47.5 Å². The highest BCUT2D eigenvalue weighted by Gasteiger charge is 2.25. The lowest BCUT2D eigenvalue weighted by Crippen LogP contribution is -2.36. The molecule has 2 aromatic carbocycles. The smallest absolute Gasteiger partial charge is 0.271 e. The molecule has 2 fully saturated rings. The summed E-state index contributed by atoms with van der Waals surface area (Å²) >= 11 is 0. The highest BCUT2D eigenvalue weighted by atomic mass is 16.5. The molecule has 0 bridgehead atoms. The summed E-state index contributed by atoms with van der Waals surface area (Å²) in [4.78, 5) is 23.8. The lowest BCUT2D eigenvalue weighted by molar-refractivity contribution is 0.122. The maximum Gasteiger partial charge on any atom is 0.271 e. The average molecular weight is 484 g/mol. The Morgan fingerprint density at radius 2 is 1.83 bits per heavy atom. The van der Waals surface area contributed by atoms with E-state index in [1.807, 2.05) is 18.2 Å². The maximum absolute atomic E-state index is 11.8. The normalized spacial score (nSPS) is 16.1. The van der Waals surface area contributed by atoms with Gasteiger partial charge in [-0.1, -0.05) is 0 Å². The molecule has 0 atom stereocenters. The van der Waals surface area contributed by atoms with E-state index in [4.69, 9.17) is 14.7 Å². The summed E-state index contributed by atoms with van der Waals surface area (Å²) in [5.74, 6) is 2.42. The van der Waals surface area contributed by atoms with Gasteiger partial charge in [-0.25, -0.2) is 4.98 Å². The summed E-state index contributed by atoms with van der Waals surface area (Å²) in [6.45, 7) is 3.14. The van der Waals surface area contributed by atoms with Crippen molar-refractivity contribution in [1.82, 2.24) is 30.4 Å². The predicted octanol–water partition coefficient (Wildman–Crippen LogP) is 3.72. The van der Waals surface area contributed by atoms with Crippen LogP contribution in [0.3, 0.4) is 0 Å². The number of nitrogens with zero attached hydrogens (tertiary/aromatic N) is 4. The van der Waals surface area contributed by atoms with E-state index < -0.39 is 0 Å². The molecule has 36 heavy (non-hydrogen) atoms. The number of H-pyrrole nitrogens is 3. The van der Waals surface area contributed by atoms with Gasteiger partial charge in [0.25, 0.3) is 5.56 Å². The molecule has 182 valence electrons. The average Bonchev–Trinajstić information content (AvgIpc) is 3.55. The van der Waals surface area contributed by atoms with Crippen molar-refractivity contribution >= 4 is 50.8 Å². The molecular weight excluding hydrogens is 458 g/mol. The van der Waals surface area contributed by atoms with Crippen LogP contribution in [0.15, 0.2) is 47.3 Å². The number of hydrogen-bond donors (Lipinski definition) is 5. The molecule has 3 aromatic heterocycles. The predicted molar refractivity (Wildman–Crippen MR) is 139 cm³/mol. The molecule has 5 N–H and O–H groups in total. The van der Waals surface area contributed by atoms with Crippen LogP contribution in [-0.4, -0.2) is 56.7 Å². The second-order valence-corrected chi connectivity index (χ2v) is 9.27. The third kappa shape index (κ3) is 3.93. The summed E-state index contributed by atoms with van der Waals surface area (Å²) in [6, 6.07) is 13.7. The SMILES string of the molecule is O=c1[nH][nH]c2cc(Nc3nc(Nc4cc(C5CC5)[nH]n4)c4cc(N5CCOCC5)ccc4n3)ccc12. The van der Waals surface area contributed by atoms with Crippen molar-refractivity contribution < 1.29 is 4.74 Å². The Bertz CT molecular complexity index is 1630. The molecule has 1 aliphatic carbocycles. The van der Waals surface area contributed by atoms with Crippen molar-refractivity contribution in [3.8, 4) is 0 Å². The fourth-order valence-corrected chi connectivity index (χ4v) is 4.66. The molecule has 7 rings (SSSR count). The van der Waals surface area contributed by atoms with Gasteiger partial charge in [0.05, 0.1) is 29.6 Å². The van der Waals surface area contributed by atoms with Crippen LogP contribution in [0.1, 0.15) is 24.5 Å². The molecule has 4 heterocycles. The number of hydrogen-bond acceptors (Lipinski definition) is 8. The van der Waals surface area contributed by atoms with Gasteiger partial charge in [-0.15, -0.1) is 0 Å². The number of benzene rings is 2. The Kier molecular flexibility index (Phi) is 4.88. The Balaban J connectivity index is 1.27. The highest BCUT2D eigenvalue weighted by Crippen LogP contribution is 2.40. The van der Waals surface area contributed by atoms with Crippen LogP contribution in [0.25, 0.3) is 21.8 Å². The second-order valence-electron chi connectivity index (χ2n) is 9.27. The lowest BCUT2D eigenvalue weighted by atomic mass is 10.2. The monoisotopic (exact) mass is 483 g/mol. The first-order chi connectivity index (χ1) is 17.7. The quantitative estimate of drug-likeness (QED) is 0.246. The van der Waals surface area contributed by atoms with E-state index in [0.29, 0.717) is 28.6 Å². The van der Waals surface area contributed by atoms with Crippen LogP contribution in [0.4, 0.5) is 29.0 Å². The number of ether oxygens (including phenoxy) is 1. The van der Waals surface area contributed by atoms with Gasteiger partial charge in [-0.3, -0.25) is 20.1 Å². The van der Waals surface area contributed by atoms with Gasteiger partial charge < -0.3 is 20.3 Å². The molecular formula is C25H25N9O2. The van der Waals surface area contributed by atoms with Crippen molar-refractivity contribution in [3.63, 3.8) is 0 Å². The van der Waals surface area contributed by atoms with Crippen LogP contribution in [0.5, 0.6) is 0 Å². The molecule has 1 saturated heterocycles. The van der Waals surface area contributed by atoms with Gasteiger partial charge >= 0.3 is 0 Å². The van der Waals surface area contributed by atoms with E-state index in [-0.39, 0.29) is 5.56 Å². The molecule has 0 radical (unpaired) electrons. The van der Waals surface area contributed by atoms with Gasteiger partial charge in [0.15, 0.2) is 5.82 Å². The minimum Gasteiger partial charge on any atom is -0.378 e. The first-order valence-electron chi connectivity index (χ1n) is 12.1. The summed E-state index contributed by atoms with van der Waals surface area (Å²) in [7, 11) is 0. The molecule has 1 aliphatic heterocycles. The number of aromatic amines is 3. The number of aromatic nitrogens is 6. The van der Waals surface area contributed by atoms with Crippen LogP contribution in [-0.2, 0) is 4.74 Å². The van der Waals surface area contributed by atoms with E-state index in [1.165, 1.54) is 12.8 Å². The van der Waals surface area contributed by atoms with Crippen LogP contribution >= 0.6 is 0 Å². The zero-order chi connectivity index (χ0) is 24.1. The number of fused-ring (bicyclic) bond motifs is 2. The Morgan fingerprint density at radius 1 is 0.944 bits per heavy atom. The zero-order valence-electron chi connectivity index (χ0n) is 19.5. The zero-order valence-corrected chi connectivity index (χ0v) is 19.5. The first-order valence-corrected chi connectivity index (χ1v) is 12.1. The van der Waals surface area contributed by atoms with E-state index in [1.54, 1.807) is 6.07 Å². The van der Waals surface area contributed by atoms with Crippen molar-refractivity contribution in [1.29, 1.82) is 0 Å². The van der Waals surface area contributed by atoms with Crippen molar-refractivity contribution in [2.45, 2.75) is 18.8 Å². The summed E-state index contributed by atoms with van der Waals surface area (Å²) < 4.78 is 5.52. The largest absolute Gasteiger partial charge is 0.378 e. The maximum atomic E-state index is 11.8. The van der Waals surface area contributed by atoms with Crippen molar-refractivity contribution in [2.24, 2.45) is 0 Å². The van der Waals surface area contributed by atoms with Crippen molar-refractivity contribution in [3.05, 3.63) is 58.5 Å². The first kappa shape index (κ1) is 20.9. The van der Waals surface area contributed by atoms with Gasteiger partial charge in [0.1, 0.15) is 5.82 Å². The lowest BCUT2D eigenvalue weighted by Gasteiger charge is -2.29. The van der Waals surface area contributed by atoms with E-state index >= 15 is 0 Å².